The highest BCUT2D eigenvalue weighted by molar-refractivity contribution is 6.38. The molecule has 0 radical (unpaired) electrons. The summed E-state index contributed by atoms with van der Waals surface area (Å²) in [6.07, 6.45) is 5.51. The van der Waals surface area contributed by atoms with E-state index in [1.165, 1.54) is 4.90 Å². The molecule has 2 fully saturated rings. The van der Waals surface area contributed by atoms with Crippen LogP contribution in [0.5, 0.6) is 0 Å². The number of ether oxygens (including phenoxy) is 2. The van der Waals surface area contributed by atoms with Crippen molar-refractivity contribution in [2.24, 2.45) is 23.5 Å². The normalized spacial score (nSPS) is 18.5. The molecule has 2 aliphatic rings. The summed E-state index contributed by atoms with van der Waals surface area (Å²) >= 11 is 0. The van der Waals surface area contributed by atoms with Crippen molar-refractivity contribution in [2.75, 3.05) is 13.2 Å². The second-order valence-corrected chi connectivity index (χ2v) is 18.0. The summed E-state index contributed by atoms with van der Waals surface area (Å²) in [5, 5.41) is 4.63. The number of Topliss-reactive ketones (excluding diaryl/α,β-unsaturated/α-hetero) is 4. The first kappa shape index (κ1) is 48.9. The van der Waals surface area contributed by atoms with Crippen LogP contribution in [0.2, 0.25) is 0 Å². The largest absolute Gasteiger partial charge is 0.458 e. The molecule has 0 aromatic heterocycles. The monoisotopic (exact) mass is 845 g/mol. The van der Waals surface area contributed by atoms with Crippen LogP contribution in [0.15, 0.2) is 42.5 Å². The number of benzene rings is 2. The average molecular weight is 846 g/mol. The zero-order valence-corrected chi connectivity index (χ0v) is 36.8. The predicted octanol–water partition coefficient (Wildman–Crippen LogP) is 6.32. The molecule has 2 aromatic rings. The Labute approximate surface area is 360 Å². The van der Waals surface area contributed by atoms with E-state index < -0.39 is 77.2 Å². The van der Waals surface area contributed by atoms with Gasteiger partial charge in [0.05, 0.1) is 12.1 Å². The molecule has 5 atom stereocenters. The number of unbranched alkanes of at least 4 members (excludes halogenated alkanes) is 1. The molecule has 2 aromatic carbocycles. The van der Waals surface area contributed by atoms with Gasteiger partial charge in [0.1, 0.15) is 24.0 Å². The van der Waals surface area contributed by atoms with Crippen LogP contribution in [0.1, 0.15) is 136 Å². The van der Waals surface area contributed by atoms with Crippen LogP contribution in [-0.2, 0) is 54.3 Å². The number of amides is 3. The van der Waals surface area contributed by atoms with E-state index in [9.17, 15) is 38.4 Å². The number of nitrogens with one attached hydrogen (secondary N) is 1. The molecule has 1 saturated carbocycles. The highest BCUT2D eigenvalue weighted by atomic mass is 16.6. The number of esters is 1. The Morgan fingerprint density at radius 3 is 2.23 bits per heavy atom. The molecule has 334 valence electrons. The van der Waals surface area contributed by atoms with Crippen molar-refractivity contribution < 1.29 is 47.8 Å². The van der Waals surface area contributed by atoms with E-state index in [2.05, 4.69) is 5.32 Å². The summed E-state index contributed by atoms with van der Waals surface area (Å²) in [4.78, 5) is 108. The van der Waals surface area contributed by atoms with Gasteiger partial charge in [0, 0.05) is 56.9 Å². The number of carbonyl (C=O) groups excluding carboxylic acids is 8. The van der Waals surface area contributed by atoms with Crippen molar-refractivity contribution in [1.29, 1.82) is 0 Å². The van der Waals surface area contributed by atoms with Gasteiger partial charge >= 0.3 is 5.97 Å². The van der Waals surface area contributed by atoms with Crippen molar-refractivity contribution >= 4 is 57.6 Å². The van der Waals surface area contributed by atoms with E-state index in [1.54, 1.807) is 20.8 Å². The third-order valence-corrected chi connectivity index (χ3v) is 11.8. The van der Waals surface area contributed by atoms with Gasteiger partial charge in [0.15, 0.2) is 11.6 Å². The van der Waals surface area contributed by atoms with E-state index in [-0.39, 0.29) is 69.3 Å². The number of nitrogens with zero attached hydrogens (tertiary/aromatic N) is 1. The zero-order valence-electron chi connectivity index (χ0n) is 36.8. The summed E-state index contributed by atoms with van der Waals surface area (Å²) in [6, 6.07) is 11.9. The van der Waals surface area contributed by atoms with Crippen molar-refractivity contribution in [1.82, 2.24) is 10.2 Å². The Balaban J connectivity index is 1.52. The van der Waals surface area contributed by atoms with Crippen LogP contribution in [0.4, 0.5) is 0 Å². The molecule has 1 aliphatic carbocycles. The molecule has 3 unspecified atom stereocenters. The van der Waals surface area contributed by atoms with Crippen molar-refractivity contribution in [3.8, 4) is 0 Å². The Hall–Kier alpha value is -4.78. The summed E-state index contributed by atoms with van der Waals surface area (Å²) in [6.45, 7) is 8.61. The van der Waals surface area contributed by atoms with Gasteiger partial charge in [-0.25, -0.2) is 4.79 Å². The fourth-order valence-corrected chi connectivity index (χ4v) is 8.71. The number of fused-ring (bicyclic) bond motifs is 1. The zero-order chi connectivity index (χ0) is 44.7. The smallest absolute Gasteiger partial charge is 0.332 e. The van der Waals surface area contributed by atoms with Gasteiger partial charge in [-0.1, -0.05) is 94.8 Å². The molecular weight excluding hydrogens is 779 g/mol. The molecule has 3 N–H and O–H groups in total. The summed E-state index contributed by atoms with van der Waals surface area (Å²) in [7, 11) is 0. The Morgan fingerprint density at radius 2 is 1.57 bits per heavy atom. The summed E-state index contributed by atoms with van der Waals surface area (Å²) in [5.41, 5.74) is 5.54. The van der Waals surface area contributed by atoms with Gasteiger partial charge in [0.25, 0.3) is 0 Å². The minimum atomic E-state index is -1.01. The number of rotatable bonds is 24. The van der Waals surface area contributed by atoms with Crippen LogP contribution >= 0.6 is 0 Å². The Morgan fingerprint density at radius 1 is 0.869 bits per heavy atom. The molecule has 13 heteroatoms. The number of likely N-dealkylation sites (tertiary alicyclic amines) is 1. The van der Waals surface area contributed by atoms with E-state index in [0.29, 0.717) is 19.3 Å². The van der Waals surface area contributed by atoms with E-state index in [1.807, 2.05) is 56.3 Å². The van der Waals surface area contributed by atoms with Crippen LogP contribution in [-0.4, -0.2) is 88.7 Å². The molecular formula is C48H67N3O10. The number of hydrogen-bond acceptors (Lipinski definition) is 10. The predicted molar refractivity (Wildman–Crippen MR) is 231 cm³/mol. The maximum Gasteiger partial charge on any atom is 0.332 e. The lowest BCUT2D eigenvalue weighted by atomic mass is 9.76. The molecule has 13 nitrogen and oxygen atoms in total. The number of hydrogen-bond donors (Lipinski definition) is 2. The van der Waals surface area contributed by atoms with E-state index in [0.717, 1.165) is 54.9 Å². The first-order valence-corrected chi connectivity index (χ1v) is 22.3. The van der Waals surface area contributed by atoms with Crippen LogP contribution < -0.4 is 11.1 Å². The average Bonchev–Trinajstić information content (AvgIpc) is 3.66. The standard InChI is InChI=1S/C48H67N3O10/c1-6-8-19-39(46(49)58)50-43(55)23-22-41(53)45(57)35(14-7-2)26-42(54)40-28-37(60-30-44(56)61-48(3,4)5)29-51(40)47(59)38(33-16-10-9-11-17-33)27-36(52)25-31-20-21-32-15-12-13-18-34(32)24-31/h12-13,15,18,20-21,24,33,35,37-40H,6-11,14,16-17,19,22-23,25-30H2,1-5H3,(H2,49,58)(H,50,55)/t35?,37-,38?,39?,40+/m1/s1. The van der Waals surface area contributed by atoms with Gasteiger partial charge in [-0.15, -0.1) is 0 Å². The molecule has 1 heterocycles. The van der Waals surface area contributed by atoms with Crippen LogP contribution in [0, 0.1) is 17.8 Å². The fraction of sp³-hybridized carbons (Fsp3) is 0.625. The Bertz CT molecular complexity index is 1880. The third-order valence-electron chi connectivity index (χ3n) is 11.8. The topological polar surface area (TPSA) is 196 Å². The molecule has 4 rings (SSSR count). The number of primary amides is 1. The minimum absolute atomic E-state index is 0.00507. The lowest BCUT2D eigenvalue weighted by molar-refractivity contribution is -0.162. The molecule has 3 amide bonds. The van der Waals surface area contributed by atoms with Crippen LogP contribution in [0.3, 0.4) is 0 Å². The van der Waals surface area contributed by atoms with Gasteiger partial charge < -0.3 is 25.4 Å². The lowest BCUT2D eigenvalue weighted by Gasteiger charge is -2.34. The van der Waals surface area contributed by atoms with Gasteiger partial charge in [0.2, 0.25) is 23.5 Å². The van der Waals surface area contributed by atoms with Crippen molar-refractivity contribution in [3.63, 3.8) is 0 Å². The molecule has 1 saturated heterocycles. The van der Waals surface area contributed by atoms with E-state index in [4.69, 9.17) is 15.2 Å². The first-order valence-electron chi connectivity index (χ1n) is 22.3. The van der Waals surface area contributed by atoms with Crippen molar-refractivity contribution in [3.05, 3.63) is 48.0 Å². The molecule has 1 aliphatic heterocycles. The molecule has 0 spiro atoms. The SMILES string of the molecule is CCCCC(NC(=O)CCC(=O)C(=O)C(CCC)CC(=O)[C@@H]1C[C@@H](OCC(=O)OC(C)(C)C)CN1C(=O)C(CC(=O)Cc1ccc2ccccc2c1)C1CCCCC1)C(N)=O. The van der Waals surface area contributed by atoms with Gasteiger partial charge in [-0.2, -0.15) is 0 Å². The second-order valence-electron chi connectivity index (χ2n) is 18.0. The quantitative estimate of drug-likeness (QED) is 0.0892. The maximum atomic E-state index is 14.9. The third kappa shape index (κ3) is 15.3. The molecule has 0 bridgehead atoms. The first-order chi connectivity index (χ1) is 29.0. The lowest BCUT2D eigenvalue weighted by Crippen LogP contribution is -2.47. The van der Waals surface area contributed by atoms with Gasteiger partial charge in [-0.3, -0.25) is 33.6 Å². The summed E-state index contributed by atoms with van der Waals surface area (Å²) in [5.74, 6) is -5.96. The minimum Gasteiger partial charge on any atom is -0.458 e. The van der Waals surface area contributed by atoms with Gasteiger partial charge in [-0.05, 0) is 68.7 Å². The Kier molecular flexibility index (Phi) is 18.8. The number of ketones is 4. The van der Waals surface area contributed by atoms with Crippen LogP contribution in [0.25, 0.3) is 10.8 Å². The summed E-state index contributed by atoms with van der Waals surface area (Å²) < 4.78 is 11.4. The highest BCUT2D eigenvalue weighted by Crippen LogP contribution is 2.36. The second kappa shape index (κ2) is 23.4. The number of carbonyl (C=O) groups is 8. The van der Waals surface area contributed by atoms with Crippen molar-refractivity contribution in [2.45, 2.75) is 161 Å². The van der Waals surface area contributed by atoms with E-state index >= 15 is 0 Å². The fourth-order valence-electron chi connectivity index (χ4n) is 8.71. The molecule has 61 heavy (non-hydrogen) atoms. The number of nitrogens with two attached hydrogens (primary N) is 1. The highest BCUT2D eigenvalue weighted by Gasteiger charge is 2.45. The maximum absolute atomic E-state index is 14.9.